The molecular weight excluding hydrogens is 266 g/mol. The smallest absolute Gasteiger partial charge is 0.169 e. The first-order chi connectivity index (χ1) is 10.1. The van der Waals surface area contributed by atoms with E-state index in [1.165, 1.54) is 0 Å². The predicted octanol–water partition coefficient (Wildman–Crippen LogP) is 1.95. The molecule has 0 unspecified atom stereocenters. The molecule has 0 aliphatic rings. The third-order valence-electron chi connectivity index (χ3n) is 3.54. The number of aryl methyl sites for hydroxylation is 4. The molecule has 3 aromatic heterocycles. The number of H-pyrrole nitrogens is 1. The maximum Gasteiger partial charge on any atom is 0.169 e. The fraction of sp³-hybridized carbons (Fsp3) is 0.429. The van der Waals surface area contributed by atoms with Gasteiger partial charge >= 0.3 is 0 Å². The van der Waals surface area contributed by atoms with Crippen molar-refractivity contribution < 1.29 is 0 Å². The van der Waals surface area contributed by atoms with Crippen molar-refractivity contribution in [3.63, 3.8) is 0 Å². The molecule has 0 atom stereocenters. The first-order valence-corrected chi connectivity index (χ1v) is 7.06. The van der Waals surface area contributed by atoms with E-state index in [2.05, 4.69) is 37.5 Å². The van der Waals surface area contributed by atoms with Crippen LogP contribution in [0.5, 0.6) is 0 Å². The second-order valence-corrected chi connectivity index (χ2v) is 5.12. The third-order valence-corrected chi connectivity index (χ3v) is 3.54. The highest BCUT2D eigenvalue weighted by Gasteiger charge is 2.12. The molecule has 2 N–H and O–H groups in total. The molecule has 0 aromatic carbocycles. The summed E-state index contributed by atoms with van der Waals surface area (Å²) >= 11 is 0. The van der Waals surface area contributed by atoms with E-state index >= 15 is 0 Å². The highest BCUT2D eigenvalue weighted by Crippen LogP contribution is 2.19. The number of aromatic amines is 1. The molecule has 0 spiro atoms. The number of hydrogen-bond acceptors (Lipinski definition) is 5. The van der Waals surface area contributed by atoms with Crippen molar-refractivity contribution in [1.82, 2.24) is 29.8 Å². The van der Waals surface area contributed by atoms with Crippen molar-refractivity contribution in [3.05, 3.63) is 34.7 Å². The van der Waals surface area contributed by atoms with E-state index in [0.29, 0.717) is 6.54 Å². The van der Waals surface area contributed by atoms with Crippen LogP contribution in [0.3, 0.4) is 0 Å². The van der Waals surface area contributed by atoms with Gasteiger partial charge < -0.3 is 5.32 Å². The van der Waals surface area contributed by atoms with Gasteiger partial charge in [-0.25, -0.2) is 9.97 Å². The number of nitrogens with zero attached hydrogens (tertiary/aromatic N) is 5. The molecule has 0 aliphatic carbocycles. The minimum Gasteiger partial charge on any atom is -0.363 e. The van der Waals surface area contributed by atoms with Gasteiger partial charge in [0.15, 0.2) is 11.5 Å². The standard InChI is InChI=1S/C14H19N7/c1-5-11-6-13(15-7-12-16-10(4)18-19-12)21-14(17-11)8(2)9(3)20-21/h6,15H,5,7H2,1-4H3,(H,16,18,19). The number of anilines is 1. The lowest BCUT2D eigenvalue weighted by Crippen LogP contribution is -2.08. The SMILES string of the molecule is CCc1cc(NCc2n[nH]c(C)n2)n2nc(C)c(C)c2n1. The maximum absolute atomic E-state index is 4.66. The van der Waals surface area contributed by atoms with Gasteiger partial charge in [0.2, 0.25) is 0 Å². The van der Waals surface area contributed by atoms with Crippen LogP contribution in [0.2, 0.25) is 0 Å². The Morgan fingerprint density at radius 1 is 1.24 bits per heavy atom. The largest absolute Gasteiger partial charge is 0.363 e. The number of hydrogen-bond donors (Lipinski definition) is 2. The van der Waals surface area contributed by atoms with Crippen molar-refractivity contribution in [1.29, 1.82) is 0 Å². The summed E-state index contributed by atoms with van der Waals surface area (Å²) in [5, 5.41) is 14.9. The topological polar surface area (TPSA) is 83.8 Å². The van der Waals surface area contributed by atoms with Gasteiger partial charge in [0.05, 0.1) is 12.2 Å². The normalized spacial score (nSPS) is 11.2. The molecule has 0 fully saturated rings. The predicted molar refractivity (Wildman–Crippen MR) is 80.3 cm³/mol. The van der Waals surface area contributed by atoms with Gasteiger partial charge in [-0.05, 0) is 27.2 Å². The molecule has 3 rings (SSSR count). The molecule has 3 heterocycles. The summed E-state index contributed by atoms with van der Waals surface area (Å²) in [5.41, 5.74) is 4.05. The van der Waals surface area contributed by atoms with Gasteiger partial charge in [0.25, 0.3) is 0 Å². The molecule has 0 saturated heterocycles. The molecule has 21 heavy (non-hydrogen) atoms. The van der Waals surface area contributed by atoms with Gasteiger partial charge in [0, 0.05) is 17.3 Å². The van der Waals surface area contributed by atoms with Gasteiger partial charge in [-0.1, -0.05) is 6.92 Å². The van der Waals surface area contributed by atoms with Crippen molar-refractivity contribution in [3.8, 4) is 0 Å². The van der Waals surface area contributed by atoms with Crippen LogP contribution in [0.15, 0.2) is 6.07 Å². The fourth-order valence-corrected chi connectivity index (χ4v) is 2.22. The maximum atomic E-state index is 4.66. The highest BCUT2D eigenvalue weighted by molar-refractivity contribution is 5.56. The van der Waals surface area contributed by atoms with E-state index in [1.54, 1.807) is 0 Å². The van der Waals surface area contributed by atoms with E-state index in [-0.39, 0.29) is 0 Å². The van der Waals surface area contributed by atoms with Crippen molar-refractivity contribution in [2.45, 2.75) is 40.7 Å². The lowest BCUT2D eigenvalue weighted by Gasteiger charge is -2.08. The fourth-order valence-electron chi connectivity index (χ4n) is 2.22. The summed E-state index contributed by atoms with van der Waals surface area (Å²) in [4.78, 5) is 8.95. The van der Waals surface area contributed by atoms with Crippen molar-refractivity contribution in [2.24, 2.45) is 0 Å². The molecule has 0 saturated carbocycles. The Kier molecular flexibility index (Phi) is 3.32. The summed E-state index contributed by atoms with van der Waals surface area (Å²) < 4.78 is 1.85. The first-order valence-electron chi connectivity index (χ1n) is 7.06. The summed E-state index contributed by atoms with van der Waals surface area (Å²) in [6, 6.07) is 2.03. The van der Waals surface area contributed by atoms with Crippen molar-refractivity contribution >= 4 is 11.5 Å². The Morgan fingerprint density at radius 2 is 2.05 bits per heavy atom. The zero-order chi connectivity index (χ0) is 15.0. The van der Waals surface area contributed by atoms with Gasteiger partial charge in [-0.15, -0.1) is 0 Å². The van der Waals surface area contributed by atoms with Crippen LogP contribution >= 0.6 is 0 Å². The molecule has 7 nitrogen and oxygen atoms in total. The Hall–Kier alpha value is -2.44. The summed E-state index contributed by atoms with van der Waals surface area (Å²) in [6.45, 7) is 8.57. The van der Waals surface area contributed by atoms with E-state index in [9.17, 15) is 0 Å². The zero-order valence-electron chi connectivity index (χ0n) is 12.7. The quantitative estimate of drug-likeness (QED) is 0.765. The molecule has 3 aromatic rings. The second-order valence-electron chi connectivity index (χ2n) is 5.12. The molecule has 0 bridgehead atoms. The summed E-state index contributed by atoms with van der Waals surface area (Å²) in [5.74, 6) is 2.46. The number of nitrogens with one attached hydrogen (secondary N) is 2. The first kappa shape index (κ1) is 13.5. The van der Waals surface area contributed by atoms with Gasteiger partial charge in [-0.3, -0.25) is 5.10 Å². The summed E-state index contributed by atoms with van der Waals surface area (Å²) in [7, 11) is 0. The van der Waals surface area contributed by atoms with E-state index < -0.39 is 0 Å². The number of rotatable bonds is 4. The Morgan fingerprint density at radius 3 is 2.71 bits per heavy atom. The van der Waals surface area contributed by atoms with Gasteiger partial charge in [0.1, 0.15) is 11.6 Å². The number of fused-ring (bicyclic) bond motifs is 1. The minimum atomic E-state index is 0.546. The third kappa shape index (κ3) is 2.46. The molecular formula is C14H19N7. The van der Waals surface area contributed by atoms with Crippen LogP contribution in [0.1, 0.15) is 35.5 Å². The highest BCUT2D eigenvalue weighted by atomic mass is 15.3. The Balaban J connectivity index is 1.98. The molecule has 0 amide bonds. The Labute approximate surface area is 122 Å². The van der Waals surface area contributed by atoms with Crippen LogP contribution in [0, 0.1) is 20.8 Å². The lowest BCUT2D eigenvalue weighted by atomic mass is 10.2. The van der Waals surface area contributed by atoms with Crippen LogP contribution in [0.25, 0.3) is 5.65 Å². The van der Waals surface area contributed by atoms with Crippen LogP contribution in [-0.4, -0.2) is 29.8 Å². The van der Waals surface area contributed by atoms with Crippen LogP contribution in [-0.2, 0) is 13.0 Å². The minimum absolute atomic E-state index is 0.546. The van der Waals surface area contributed by atoms with Gasteiger partial charge in [-0.2, -0.15) is 14.7 Å². The zero-order valence-corrected chi connectivity index (χ0v) is 12.7. The van der Waals surface area contributed by atoms with E-state index in [0.717, 1.165) is 46.5 Å². The van der Waals surface area contributed by atoms with Crippen LogP contribution in [0.4, 0.5) is 5.82 Å². The molecule has 0 aliphatic heterocycles. The average molecular weight is 285 g/mol. The molecule has 7 heteroatoms. The number of aromatic nitrogens is 6. The molecule has 110 valence electrons. The second kappa shape index (κ2) is 5.16. The van der Waals surface area contributed by atoms with Crippen molar-refractivity contribution in [2.75, 3.05) is 5.32 Å². The average Bonchev–Trinajstić information content (AvgIpc) is 3.01. The van der Waals surface area contributed by atoms with E-state index in [4.69, 9.17) is 0 Å². The van der Waals surface area contributed by atoms with E-state index in [1.807, 2.05) is 31.4 Å². The summed E-state index contributed by atoms with van der Waals surface area (Å²) in [6.07, 6.45) is 0.884. The Bertz CT molecular complexity index is 784. The molecule has 0 radical (unpaired) electrons. The lowest BCUT2D eigenvalue weighted by molar-refractivity contribution is 0.873. The monoisotopic (exact) mass is 285 g/mol. The van der Waals surface area contributed by atoms with Crippen LogP contribution < -0.4 is 5.32 Å².